The summed E-state index contributed by atoms with van der Waals surface area (Å²) >= 11 is 0. The second-order valence-corrected chi connectivity index (χ2v) is 6.71. The number of nitrogens with zero attached hydrogens (tertiary/aromatic N) is 3. The van der Waals surface area contributed by atoms with Crippen molar-refractivity contribution in [3.8, 4) is 0 Å². The summed E-state index contributed by atoms with van der Waals surface area (Å²) in [4.78, 5) is 23.4. The molecule has 0 fully saturated rings. The summed E-state index contributed by atoms with van der Waals surface area (Å²) < 4.78 is 52.2. The summed E-state index contributed by atoms with van der Waals surface area (Å²) in [5.41, 5.74) is 1.70. The molecule has 0 aliphatic carbocycles. The van der Waals surface area contributed by atoms with Gasteiger partial charge in [0.2, 0.25) is 5.91 Å². The molecule has 30 heavy (non-hydrogen) atoms. The van der Waals surface area contributed by atoms with E-state index in [9.17, 15) is 22.4 Å². The summed E-state index contributed by atoms with van der Waals surface area (Å²) in [6, 6.07) is 8.12. The first-order valence-corrected chi connectivity index (χ1v) is 8.92. The van der Waals surface area contributed by atoms with E-state index < -0.39 is 12.1 Å². The van der Waals surface area contributed by atoms with Crippen LogP contribution in [0.4, 0.5) is 17.6 Å². The Morgan fingerprint density at radius 2 is 1.97 bits per heavy atom. The monoisotopic (exact) mass is 431 g/mol. The van der Waals surface area contributed by atoms with Crippen molar-refractivity contribution in [3.05, 3.63) is 53.6 Å². The van der Waals surface area contributed by atoms with Crippen LogP contribution < -0.4 is 0 Å². The third-order valence-electron chi connectivity index (χ3n) is 4.31. The second kappa shape index (κ2) is 10.2. The number of fused-ring (bicyclic) bond motifs is 1. The van der Waals surface area contributed by atoms with Gasteiger partial charge >= 0.3 is 12.1 Å². The molecule has 1 aromatic carbocycles. The van der Waals surface area contributed by atoms with Crippen molar-refractivity contribution in [2.24, 2.45) is 5.92 Å². The van der Waals surface area contributed by atoms with Crippen LogP contribution in [-0.2, 0) is 33.8 Å². The van der Waals surface area contributed by atoms with Crippen LogP contribution in [0.5, 0.6) is 0 Å². The van der Waals surface area contributed by atoms with Crippen molar-refractivity contribution < 1.29 is 37.0 Å². The first-order chi connectivity index (χ1) is 14.1. The van der Waals surface area contributed by atoms with Gasteiger partial charge in [0.25, 0.3) is 0 Å². The average molecular weight is 431 g/mol. The van der Waals surface area contributed by atoms with E-state index in [2.05, 4.69) is 5.10 Å². The lowest BCUT2D eigenvalue weighted by molar-refractivity contribution is -0.192. The molecular formula is C19H21F4N3O4. The van der Waals surface area contributed by atoms with E-state index in [0.717, 1.165) is 12.2 Å². The SMILES string of the molecule is COCC1CN(C(=O)Cc2cccc(F)c2)Cc2ccnn2C1.O=C(O)C(F)(F)F. The van der Waals surface area contributed by atoms with E-state index in [1.807, 2.05) is 15.6 Å². The van der Waals surface area contributed by atoms with Gasteiger partial charge in [-0.2, -0.15) is 18.3 Å². The fourth-order valence-corrected chi connectivity index (χ4v) is 3.00. The number of hydrogen-bond donors (Lipinski definition) is 1. The Balaban J connectivity index is 0.000000396. The lowest BCUT2D eigenvalue weighted by atomic mass is 10.1. The molecule has 0 spiro atoms. The molecule has 1 N–H and O–H groups in total. The molecule has 7 nitrogen and oxygen atoms in total. The van der Waals surface area contributed by atoms with Gasteiger partial charge in [0.05, 0.1) is 25.3 Å². The topological polar surface area (TPSA) is 84.7 Å². The lowest BCUT2D eigenvalue weighted by Gasteiger charge is -2.24. The van der Waals surface area contributed by atoms with Gasteiger partial charge < -0.3 is 14.7 Å². The average Bonchev–Trinajstić information content (AvgIpc) is 3.00. The van der Waals surface area contributed by atoms with Crippen molar-refractivity contribution in [1.29, 1.82) is 0 Å². The Hall–Kier alpha value is -2.95. The Morgan fingerprint density at radius 3 is 2.57 bits per heavy atom. The molecule has 0 radical (unpaired) electrons. The van der Waals surface area contributed by atoms with Crippen LogP contribution in [0, 0.1) is 11.7 Å². The molecule has 1 aliphatic rings. The van der Waals surface area contributed by atoms with Gasteiger partial charge in [-0.1, -0.05) is 12.1 Å². The van der Waals surface area contributed by atoms with E-state index in [1.54, 1.807) is 25.4 Å². The Morgan fingerprint density at radius 1 is 1.27 bits per heavy atom. The molecule has 0 bridgehead atoms. The molecule has 3 rings (SSSR count). The summed E-state index contributed by atoms with van der Waals surface area (Å²) in [5, 5.41) is 11.4. The van der Waals surface area contributed by atoms with Crippen LogP contribution in [0.1, 0.15) is 11.3 Å². The molecule has 11 heteroatoms. The first kappa shape index (κ1) is 23.3. The summed E-state index contributed by atoms with van der Waals surface area (Å²) in [7, 11) is 1.66. The van der Waals surface area contributed by atoms with Crippen LogP contribution >= 0.6 is 0 Å². The zero-order valence-electron chi connectivity index (χ0n) is 16.1. The van der Waals surface area contributed by atoms with Gasteiger partial charge in [0.15, 0.2) is 0 Å². The number of amides is 1. The number of hydrogen-bond acceptors (Lipinski definition) is 4. The molecule has 1 atom stereocenters. The third-order valence-corrected chi connectivity index (χ3v) is 4.31. The third kappa shape index (κ3) is 6.83. The summed E-state index contributed by atoms with van der Waals surface area (Å²) in [6.45, 7) is 2.45. The number of benzene rings is 1. The zero-order valence-corrected chi connectivity index (χ0v) is 16.1. The van der Waals surface area contributed by atoms with Crippen molar-refractivity contribution in [3.63, 3.8) is 0 Å². The number of carbonyl (C=O) groups excluding carboxylic acids is 1. The highest BCUT2D eigenvalue weighted by atomic mass is 19.4. The first-order valence-electron chi connectivity index (χ1n) is 8.92. The smallest absolute Gasteiger partial charge is 0.475 e. The quantitative estimate of drug-likeness (QED) is 0.752. The van der Waals surface area contributed by atoms with Crippen molar-refractivity contribution in [2.75, 3.05) is 20.3 Å². The van der Waals surface area contributed by atoms with Crippen LogP contribution in [0.3, 0.4) is 0 Å². The molecule has 1 aromatic heterocycles. The number of alkyl halides is 3. The predicted molar refractivity (Wildman–Crippen MR) is 96.8 cm³/mol. The Labute approximate surface area is 169 Å². The number of aromatic nitrogens is 2. The van der Waals surface area contributed by atoms with Crippen molar-refractivity contribution in [1.82, 2.24) is 14.7 Å². The maximum Gasteiger partial charge on any atom is 0.490 e. The highest BCUT2D eigenvalue weighted by molar-refractivity contribution is 5.78. The van der Waals surface area contributed by atoms with Crippen LogP contribution in [0.25, 0.3) is 0 Å². The minimum Gasteiger partial charge on any atom is -0.475 e. The number of aliphatic carboxylic acids is 1. The van der Waals surface area contributed by atoms with E-state index >= 15 is 0 Å². The summed E-state index contributed by atoms with van der Waals surface area (Å²) in [5.74, 6) is -2.89. The predicted octanol–water partition coefficient (Wildman–Crippen LogP) is 2.50. The number of ether oxygens (including phenoxy) is 1. The van der Waals surface area contributed by atoms with Crippen molar-refractivity contribution >= 4 is 11.9 Å². The zero-order chi connectivity index (χ0) is 22.3. The van der Waals surface area contributed by atoms with Crippen LogP contribution in [0.15, 0.2) is 36.5 Å². The van der Waals surface area contributed by atoms with Gasteiger partial charge in [-0.15, -0.1) is 0 Å². The molecule has 164 valence electrons. The molecule has 2 aromatic rings. The lowest BCUT2D eigenvalue weighted by Crippen LogP contribution is -2.36. The second-order valence-electron chi connectivity index (χ2n) is 6.71. The van der Waals surface area contributed by atoms with E-state index in [-0.39, 0.29) is 24.1 Å². The van der Waals surface area contributed by atoms with E-state index in [1.165, 1.54) is 12.1 Å². The van der Waals surface area contributed by atoms with Gasteiger partial charge in [0.1, 0.15) is 5.82 Å². The fourth-order valence-electron chi connectivity index (χ4n) is 3.00. The van der Waals surface area contributed by atoms with Crippen LogP contribution in [0.2, 0.25) is 0 Å². The number of halogens is 4. The largest absolute Gasteiger partial charge is 0.490 e. The number of carboxylic acid groups (broad SMARTS) is 1. The fraction of sp³-hybridized carbons (Fsp3) is 0.421. The Bertz CT molecular complexity index is 869. The molecule has 0 saturated carbocycles. The van der Waals surface area contributed by atoms with E-state index in [4.69, 9.17) is 14.6 Å². The number of carboxylic acids is 1. The highest BCUT2D eigenvalue weighted by Crippen LogP contribution is 2.18. The van der Waals surface area contributed by atoms with Gasteiger partial charge in [-0.25, -0.2) is 9.18 Å². The molecule has 1 aliphatic heterocycles. The highest BCUT2D eigenvalue weighted by Gasteiger charge is 2.38. The van der Waals surface area contributed by atoms with Crippen molar-refractivity contribution in [2.45, 2.75) is 25.7 Å². The number of carbonyl (C=O) groups is 2. The molecule has 0 saturated heterocycles. The molecule has 1 amide bonds. The molecule has 2 heterocycles. The van der Waals surface area contributed by atoms with E-state index in [0.29, 0.717) is 25.3 Å². The van der Waals surface area contributed by atoms with Gasteiger partial charge in [0, 0.05) is 32.3 Å². The van der Waals surface area contributed by atoms with Gasteiger partial charge in [-0.3, -0.25) is 9.48 Å². The maximum atomic E-state index is 13.3. The number of methoxy groups -OCH3 is 1. The minimum atomic E-state index is -5.08. The Kier molecular flexibility index (Phi) is 7.93. The maximum absolute atomic E-state index is 13.3. The molecule has 1 unspecified atom stereocenters. The van der Waals surface area contributed by atoms with Crippen LogP contribution in [-0.4, -0.2) is 58.1 Å². The minimum absolute atomic E-state index is 0.00801. The van der Waals surface area contributed by atoms with Gasteiger partial charge in [-0.05, 0) is 23.8 Å². The standard InChI is InChI=1S/C17H20FN3O2.C2HF3O2/c1-23-12-14-9-20(11-16-5-6-19-21(16)10-14)17(22)8-13-3-2-4-15(18)7-13;3-2(4,5)1(6)7/h2-7,14H,8-12H2,1H3;(H,6,7). The molecular weight excluding hydrogens is 410 g/mol. The normalized spacial score (nSPS) is 16.2. The summed E-state index contributed by atoms with van der Waals surface area (Å²) in [6.07, 6.45) is -3.13. The number of rotatable bonds is 4.